The predicted molar refractivity (Wildman–Crippen MR) is 116 cm³/mol. The zero-order valence-electron chi connectivity index (χ0n) is 15.7. The Balaban J connectivity index is 1.87. The molecule has 4 heteroatoms. The van der Waals surface area contributed by atoms with Gasteiger partial charge in [-0.3, -0.25) is 4.79 Å². The van der Waals surface area contributed by atoms with E-state index in [1.54, 1.807) is 24.3 Å². The fraction of sp³-hybridized carbons (Fsp3) is 0.0833. The lowest BCUT2D eigenvalue weighted by atomic mass is 9.99. The summed E-state index contributed by atoms with van der Waals surface area (Å²) in [4.78, 5) is 18.0. The van der Waals surface area contributed by atoms with Crippen molar-refractivity contribution in [2.24, 2.45) is 0 Å². The van der Waals surface area contributed by atoms with Gasteiger partial charge in [0.05, 0.1) is 16.8 Å². The van der Waals surface area contributed by atoms with E-state index in [1.807, 2.05) is 56.3 Å². The molecular formula is C24H19ClN2O. The molecule has 4 aromatic rings. The normalized spacial score (nSPS) is 10.8. The monoisotopic (exact) mass is 386 g/mol. The Morgan fingerprint density at radius 1 is 0.929 bits per heavy atom. The van der Waals surface area contributed by atoms with Crippen LogP contribution < -0.4 is 5.32 Å². The SMILES string of the molecule is Cc1cc(C)c2nc(-c3ccccc3)cc(C(=O)Nc3ccc(Cl)cc3)c2c1. The Labute approximate surface area is 169 Å². The molecule has 1 heterocycles. The highest BCUT2D eigenvalue weighted by molar-refractivity contribution is 6.30. The van der Waals surface area contributed by atoms with Gasteiger partial charge >= 0.3 is 0 Å². The van der Waals surface area contributed by atoms with E-state index in [4.69, 9.17) is 16.6 Å². The van der Waals surface area contributed by atoms with E-state index in [-0.39, 0.29) is 5.91 Å². The number of nitrogens with one attached hydrogen (secondary N) is 1. The molecule has 1 N–H and O–H groups in total. The van der Waals surface area contributed by atoms with Crippen molar-refractivity contribution in [2.75, 3.05) is 5.32 Å². The Hall–Kier alpha value is -3.17. The highest BCUT2D eigenvalue weighted by Gasteiger charge is 2.16. The van der Waals surface area contributed by atoms with Crippen LogP contribution in [0.3, 0.4) is 0 Å². The van der Waals surface area contributed by atoms with Crippen molar-refractivity contribution in [1.82, 2.24) is 4.98 Å². The Morgan fingerprint density at radius 2 is 1.64 bits per heavy atom. The molecule has 0 unspecified atom stereocenters. The van der Waals surface area contributed by atoms with Gasteiger partial charge in [0.1, 0.15) is 0 Å². The minimum absolute atomic E-state index is 0.170. The minimum Gasteiger partial charge on any atom is -0.322 e. The summed E-state index contributed by atoms with van der Waals surface area (Å²) in [7, 11) is 0. The highest BCUT2D eigenvalue weighted by atomic mass is 35.5. The quantitative estimate of drug-likeness (QED) is 0.441. The Kier molecular flexibility index (Phi) is 4.84. The third-order valence-corrected chi connectivity index (χ3v) is 4.92. The summed E-state index contributed by atoms with van der Waals surface area (Å²) in [5.74, 6) is -0.170. The van der Waals surface area contributed by atoms with Crippen molar-refractivity contribution in [3.63, 3.8) is 0 Å². The van der Waals surface area contributed by atoms with Gasteiger partial charge in [0.2, 0.25) is 0 Å². The summed E-state index contributed by atoms with van der Waals surface area (Å²) >= 11 is 5.95. The predicted octanol–water partition coefficient (Wildman–Crippen LogP) is 6.42. The van der Waals surface area contributed by atoms with Crippen LogP contribution in [-0.2, 0) is 0 Å². The Bertz CT molecular complexity index is 1170. The number of benzene rings is 3. The number of aromatic nitrogens is 1. The number of amides is 1. The Morgan fingerprint density at radius 3 is 2.36 bits per heavy atom. The molecule has 0 spiro atoms. The van der Waals surface area contributed by atoms with E-state index >= 15 is 0 Å². The van der Waals surface area contributed by atoms with Gasteiger partial charge in [-0.15, -0.1) is 0 Å². The molecule has 0 saturated heterocycles. The molecule has 3 aromatic carbocycles. The number of fused-ring (bicyclic) bond motifs is 1. The van der Waals surface area contributed by atoms with E-state index in [1.165, 1.54) is 0 Å². The van der Waals surface area contributed by atoms with Crippen molar-refractivity contribution < 1.29 is 4.79 Å². The largest absolute Gasteiger partial charge is 0.322 e. The van der Waals surface area contributed by atoms with Crippen LogP contribution in [0.5, 0.6) is 0 Å². The summed E-state index contributed by atoms with van der Waals surface area (Å²) in [6.45, 7) is 4.05. The van der Waals surface area contributed by atoms with Gasteiger partial charge in [-0.1, -0.05) is 53.6 Å². The van der Waals surface area contributed by atoms with Gasteiger partial charge in [0, 0.05) is 21.7 Å². The van der Waals surface area contributed by atoms with Crippen molar-refractivity contribution >= 4 is 34.1 Å². The topological polar surface area (TPSA) is 42.0 Å². The molecule has 0 aliphatic heterocycles. The molecule has 28 heavy (non-hydrogen) atoms. The molecule has 0 fully saturated rings. The zero-order valence-corrected chi connectivity index (χ0v) is 16.4. The number of carbonyl (C=O) groups is 1. The van der Waals surface area contributed by atoms with Crippen molar-refractivity contribution in [3.05, 3.63) is 94.5 Å². The first kappa shape index (κ1) is 18.2. The molecule has 0 bridgehead atoms. The standard InChI is InChI=1S/C24H19ClN2O/c1-15-12-16(2)23-20(13-15)21(14-22(27-23)17-6-4-3-5-7-17)24(28)26-19-10-8-18(25)9-11-19/h3-14H,1-2H3,(H,26,28). The van der Waals surface area contributed by atoms with Crippen LogP contribution in [0, 0.1) is 13.8 Å². The average molecular weight is 387 g/mol. The lowest BCUT2D eigenvalue weighted by Gasteiger charge is -2.13. The maximum Gasteiger partial charge on any atom is 0.256 e. The smallest absolute Gasteiger partial charge is 0.256 e. The number of aryl methyl sites for hydroxylation is 2. The third kappa shape index (κ3) is 3.62. The van der Waals surface area contributed by atoms with Crippen LogP contribution in [0.25, 0.3) is 22.2 Å². The van der Waals surface area contributed by atoms with Crippen LogP contribution in [0.4, 0.5) is 5.69 Å². The van der Waals surface area contributed by atoms with Crippen LogP contribution in [-0.4, -0.2) is 10.9 Å². The summed E-state index contributed by atoms with van der Waals surface area (Å²) in [6.07, 6.45) is 0. The first-order valence-electron chi connectivity index (χ1n) is 9.05. The maximum atomic E-state index is 13.1. The molecule has 1 aromatic heterocycles. The second-order valence-corrected chi connectivity index (χ2v) is 7.30. The van der Waals surface area contributed by atoms with Crippen LogP contribution in [0.1, 0.15) is 21.5 Å². The zero-order chi connectivity index (χ0) is 19.7. The number of pyridine rings is 1. The van der Waals surface area contributed by atoms with Crippen molar-refractivity contribution in [3.8, 4) is 11.3 Å². The van der Waals surface area contributed by atoms with Crippen molar-refractivity contribution in [2.45, 2.75) is 13.8 Å². The second kappa shape index (κ2) is 7.45. The first-order valence-corrected chi connectivity index (χ1v) is 9.43. The molecule has 3 nitrogen and oxygen atoms in total. The molecule has 0 aliphatic carbocycles. The van der Waals surface area contributed by atoms with Crippen LogP contribution >= 0.6 is 11.6 Å². The summed E-state index contributed by atoms with van der Waals surface area (Å²) < 4.78 is 0. The molecule has 0 radical (unpaired) electrons. The van der Waals surface area contributed by atoms with Crippen LogP contribution in [0.15, 0.2) is 72.8 Å². The van der Waals surface area contributed by atoms with E-state index in [0.717, 1.165) is 33.3 Å². The van der Waals surface area contributed by atoms with E-state index in [9.17, 15) is 4.79 Å². The number of anilines is 1. The molecule has 4 rings (SSSR count). The molecule has 138 valence electrons. The second-order valence-electron chi connectivity index (χ2n) is 6.86. The van der Waals surface area contributed by atoms with Gasteiger partial charge in [-0.05, 0) is 55.8 Å². The molecular weight excluding hydrogens is 368 g/mol. The van der Waals surface area contributed by atoms with Gasteiger partial charge in [0.15, 0.2) is 0 Å². The molecule has 0 atom stereocenters. The summed E-state index contributed by atoms with van der Waals surface area (Å²) in [6, 6.07) is 23.0. The summed E-state index contributed by atoms with van der Waals surface area (Å²) in [5.41, 5.74) is 6.04. The molecule has 0 saturated carbocycles. The first-order chi connectivity index (χ1) is 13.5. The van der Waals surface area contributed by atoms with Gasteiger partial charge < -0.3 is 5.32 Å². The number of nitrogens with zero attached hydrogens (tertiary/aromatic N) is 1. The van der Waals surface area contributed by atoms with E-state index in [2.05, 4.69) is 11.4 Å². The summed E-state index contributed by atoms with van der Waals surface area (Å²) in [5, 5.41) is 4.45. The lowest BCUT2D eigenvalue weighted by molar-refractivity contribution is 0.102. The van der Waals surface area contributed by atoms with E-state index < -0.39 is 0 Å². The minimum atomic E-state index is -0.170. The number of carbonyl (C=O) groups excluding carboxylic acids is 1. The fourth-order valence-electron chi connectivity index (χ4n) is 3.36. The molecule has 0 aliphatic rings. The van der Waals surface area contributed by atoms with E-state index in [0.29, 0.717) is 16.3 Å². The van der Waals surface area contributed by atoms with Gasteiger partial charge in [-0.2, -0.15) is 0 Å². The van der Waals surface area contributed by atoms with Crippen LogP contribution in [0.2, 0.25) is 5.02 Å². The lowest BCUT2D eigenvalue weighted by Crippen LogP contribution is -2.13. The fourth-order valence-corrected chi connectivity index (χ4v) is 3.48. The maximum absolute atomic E-state index is 13.1. The number of hydrogen-bond donors (Lipinski definition) is 1. The molecule has 1 amide bonds. The van der Waals surface area contributed by atoms with Gasteiger partial charge in [0.25, 0.3) is 5.91 Å². The highest BCUT2D eigenvalue weighted by Crippen LogP contribution is 2.28. The van der Waals surface area contributed by atoms with Crippen molar-refractivity contribution in [1.29, 1.82) is 0 Å². The number of rotatable bonds is 3. The van der Waals surface area contributed by atoms with Gasteiger partial charge in [-0.25, -0.2) is 4.98 Å². The third-order valence-electron chi connectivity index (χ3n) is 4.66. The number of halogens is 1. The average Bonchev–Trinajstić information content (AvgIpc) is 2.69. The number of hydrogen-bond acceptors (Lipinski definition) is 2.